The molecule has 3 heteroatoms. The summed E-state index contributed by atoms with van der Waals surface area (Å²) in [4.78, 5) is 10.8. The predicted octanol–water partition coefficient (Wildman–Crippen LogP) is 3.78. The van der Waals surface area contributed by atoms with Gasteiger partial charge >= 0.3 is 0 Å². The highest BCUT2D eigenvalue weighted by atomic mass is 127. The van der Waals surface area contributed by atoms with Gasteiger partial charge in [-0.1, -0.05) is 12.1 Å². The minimum atomic E-state index is 0.697. The Labute approximate surface area is 114 Å². The zero-order valence-electron chi connectivity index (χ0n) is 9.31. The average molecular weight is 338 g/mol. The lowest BCUT2D eigenvalue weighted by Crippen LogP contribution is -1.86. The predicted molar refractivity (Wildman–Crippen MR) is 76.5 cm³/mol. The third kappa shape index (κ3) is 2.85. The molecule has 0 N–H and O–H groups in total. The molecule has 2 aromatic carbocycles. The first kappa shape index (κ1) is 12.1. The molecular weight excluding hydrogens is 327 g/mol. The first-order chi connectivity index (χ1) is 8.22. The van der Waals surface area contributed by atoms with E-state index >= 15 is 0 Å². The van der Waals surface area contributed by atoms with Gasteiger partial charge in [-0.05, 0) is 64.0 Å². The van der Waals surface area contributed by atoms with Crippen LogP contribution in [0.4, 0.5) is 0 Å². The fourth-order valence-corrected chi connectivity index (χ4v) is 2.33. The maximum Gasteiger partial charge on any atom is 0.150 e. The fraction of sp³-hybridized carbons (Fsp3) is 0.0714. The van der Waals surface area contributed by atoms with Crippen molar-refractivity contribution in [2.45, 2.75) is 0 Å². The zero-order chi connectivity index (χ0) is 12.3. The lowest BCUT2D eigenvalue weighted by molar-refractivity contribution is 0.112. The molecule has 0 bridgehead atoms. The standard InChI is InChI=1S/C14H11IO2/c1-17-14-4-2-11(3-5-14)12-6-10(9-16)7-13(15)8-12/h2-9H,1H3. The van der Waals surface area contributed by atoms with Gasteiger partial charge in [0.25, 0.3) is 0 Å². The number of methoxy groups -OCH3 is 1. The van der Waals surface area contributed by atoms with Gasteiger partial charge in [-0.3, -0.25) is 4.79 Å². The Kier molecular flexibility index (Phi) is 3.78. The van der Waals surface area contributed by atoms with Gasteiger partial charge < -0.3 is 4.74 Å². The van der Waals surface area contributed by atoms with Crippen LogP contribution in [0, 0.1) is 3.57 Å². The van der Waals surface area contributed by atoms with Crippen LogP contribution in [-0.4, -0.2) is 13.4 Å². The molecule has 0 atom stereocenters. The lowest BCUT2D eigenvalue weighted by Gasteiger charge is -2.05. The Hall–Kier alpha value is -1.36. The van der Waals surface area contributed by atoms with Crippen LogP contribution in [0.5, 0.6) is 5.75 Å². The Morgan fingerprint density at radius 1 is 1.06 bits per heavy atom. The van der Waals surface area contributed by atoms with E-state index in [0.29, 0.717) is 5.56 Å². The number of hydrogen-bond acceptors (Lipinski definition) is 2. The summed E-state index contributed by atoms with van der Waals surface area (Å²) in [5.74, 6) is 0.829. The number of halogens is 1. The van der Waals surface area contributed by atoms with Crippen molar-refractivity contribution in [3.63, 3.8) is 0 Å². The molecule has 2 rings (SSSR count). The second-order valence-electron chi connectivity index (χ2n) is 3.62. The van der Waals surface area contributed by atoms with E-state index in [-0.39, 0.29) is 0 Å². The molecule has 0 spiro atoms. The smallest absolute Gasteiger partial charge is 0.150 e. The summed E-state index contributed by atoms with van der Waals surface area (Å²) in [6.45, 7) is 0. The Morgan fingerprint density at radius 3 is 2.35 bits per heavy atom. The maximum absolute atomic E-state index is 10.8. The van der Waals surface area contributed by atoms with E-state index in [1.807, 2.05) is 36.4 Å². The summed E-state index contributed by atoms with van der Waals surface area (Å²) in [5, 5.41) is 0. The molecule has 0 fully saturated rings. The normalized spacial score (nSPS) is 10.0. The Morgan fingerprint density at radius 2 is 1.76 bits per heavy atom. The van der Waals surface area contributed by atoms with Crippen LogP contribution in [0.1, 0.15) is 10.4 Å². The number of benzene rings is 2. The van der Waals surface area contributed by atoms with Crippen LogP contribution in [0.15, 0.2) is 42.5 Å². The van der Waals surface area contributed by atoms with E-state index in [1.165, 1.54) is 0 Å². The molecule has 0 amide bonds. The number of carbonyl (C=O) groups excluding carboxylic acids is 1. The van der Waals surface area contributed by atoms with Crippen LogP contribution in [0.3, 0.4) is 0 Å². The highest BCUT2D eigenvalue weighted by molar-refractivity contribution is 14.1. The van der Waals surface area contributed by atoms with Gasteiger partial charge in [0.05, 0.1) is 7.11 Å². The van der Waals surface area contributed by atoms with Crippen molar-refractivity contribution in [2.75, 3.05) is 7.11 Å². The number of rotatable bonds is 3. The number of hydrogen-bond donors (Lipinski definition) is 0. The van der Waals surface area contributed by atoms with E-state index in [9.17, 15) is 4.79 Å². The zero-order valence-corrected chi connectivity index (χ0v) is 11.5. The molecular formula is C14H11IO2. The largest absolute Gasteiger partial charge is 0.497 e. The molecule has 0 unspecified atom stereocenters. The molecule has 0 heterocycles. The molecule has 0 aliphatic heterocycles. The third-order valence-electron chi connectivity index (χ3n) is 2.48. The number of carbonyl (C=O) groups is 1. The molecule has 17 heavy (non-hydrogen) atoms. The van der Waals surface area contributed by atoms with Gasteiger partial charge in [-0.2, -0.15) is 0 Å². The maximum atomic E-state index is 10.8. The van der Waals surface area contributed by atoms with Gasteiger partial charge in [0.1, 0.15) is 12.0 Å². The van der Waals surface area contributed by atoms with Gasteiger partial charge in [0.15, 0.2) is 0 Å². The minimum Gasteiger partial charge on any atom is -0.497 e. The molecule has 2 aromatic rings. The summed E-state index contributed by atoms with van der Waals surface area (Å²) >= 11 is 2.21. The quantitative estimate of drug-likeness (QED) is 0.629. The molecule has 0 aliphatic carbocycles. The van der Waals surface area contributed by atoms with Crippen molar-refractivity contribution in [1.29, 1.82) is 0 Å². The van der Waals surface area contributed by atoms with Gasteiger partial charge in [0.2, 0.25) is 0 Å². The molecule has 0 saturated carbocycles. The fourth-order valence-electron chi connectivity index (χ4n) is 1.63. The summed E-state index contributed by atoms with van der Waals surface area (Å²) in [6.07, 6.45) is 0.870. The average Bonchev–Trinajstić information content (AvgIpc) is 2.38. The van der Waals surface area contributed by atoms with E-state index in [4.69, 9.17) is 4.74 Å². The topological polar surface area (TPSA) is 26.3 Å². The first-order valence-electron chi connectivity index (χ1n) is 5.13. The SMILES string of the molecule is COc1ccc(-c2cc(I)cc(C=O)c2)cc1. The third-order valence-corrected chi connectivity index (χ3v) is 3.10. The van der Waals surface area contributed by atoms with E-state index in [1.54, 1.807) is 7.11 Å². The van der Waals surface area contributed by atoms with Crippen molar-refractivity contribution < 1.29 is 9.53 Å². The molecule has 0 aromatic heterocycles. The summed E-state index contributed by atoms with van der Waals surface area (Å²) in [6, 6.07) is 13.6. The minimum absolute atomic E-state index is 0.697. The van der Waals surface area contributed by atoms with Crippen LogP contribution in [0.2, 0.25) is 0 Å². The lowest BCUT2D eigenvalue weighted by atomic mass is 10.0. The van der Waals surface area contributed by atoms with Gasteiger partial charge in [-0.25, -0.2) is 0 Å². The van der Waals surface area contributed by atoms with E-state index in [0.717, 1.165) is 26.7 Å². The second-order valence-corrected chi connectivity index (χ2v) is 4.87. The van der Waals surface area contributed by atoms with Gasteiger partial charge in [0, 0.05) is 9.13 Å². The molecule has 0 radical (unpaired) electrons. The number of ether oxygens (including phenoxy) is 1. The van der Waals surface area contributed by atoms with Crippen molar-refractivity contribution >= 4 is 28.9 Å². The molecule has 0 aliphatic rings. The summed E-state index contributed by atoms with van der Waals surface area (Å²) < 4.78 is 6.17. The molecule has 2 nitrogen and oxygen atoms in total. The second kappa shape index (κ2) is 5.31. The monoisotopic (exact) mass is 338 g/mol. The number of aldehydes is 1. The van der Waals surface area contributed by atoms with Gasteiger partial charge in [-0.15, -0.1) is 0 Å². The van der Waals surface area contributed by atoms with Crippen LogP contribution in [-0.2, 0) is 0 Å². The first-order valence-corrected chi connectivity index (χ1v) is 6.21. The Bertz CT molecular complexity index is 532. The van der Waals surface area contributed by atoms with E-state index < -0.39 is 0 Å². The van der Waals surface area contributed by atoms with Crippen LogP contribution < -0.4 is 4.74 Å². The van der Waals surface area contributed by atoms with Crippen molar-refractivity contribution in [3.05, 3.63) is 51.6 Å². The van der Waals surface area contributed by atoms with Crippen molar-refractivity contribution in [3.8, 4) is 16.9 Å². The van der Waals surface area contributed by atoms with Crippen molar-refractivity contribution in [2.24, 2.45) is 0 Å². The van der Waals surface area contributed by atoms with Crippen LogP contribution >= 0.6 is 22.6 Å². The summed E-state index contributed by atoms with van der Waals surface area (Å²) in [5.41, 5.74) is 2.82. The van der Waals surface area contributed by atoms with Crippen LogP contribution in [0.25, 0.3) is 11.1 Å². The highest BCUT2D eigenvalue weighted by Crippen LogP contribution is 2.24. The summed E-state index contributed by atoms with van der Waals surface area (Å²) in [7, 11) is 1.64. The van der Waals surface area contributed by atoms with E-state index in [2.05, 4.69) is 28.7 Å². The highest BCUT2D eigenvalue weighted by Gasteiger charge is 2.02. The molecule has 0 saturated heterocycles. The molecule has 86 valence electrons. The van der Waals surface area contributed by atoms with Crippen molar-refractivity contribution in [1.82, 2.24) is 0 Å². The Balaban J connectivity index is 2.44.